The lowest BCUT2D eigenvalue weighted by Gasteiger charge is -2.49. The van der Waals surface area contributed by atoms with Crippen molar-refractivity contribution in [3.05, 3.63) is 77.2 Å². The Kier molecular flexibility index (Phi) is 14.7. The third kappa shape index (κ3) is 10.9. The molecule has 5 aromatic rings. The summed E-state index contributed by atoms with van der Waals surface area (Å²) in [6.07, 6.45) is 13.9. The van der Waals surface area contributed by atoms with E-state index in [0.717, 1.165) is 106 Å². The summed E-state index contributed by atoms with van der Waals surface area (Å²) in [5.41, 5.74) is 4.44. The van der Waals surface area contributed by atoms with Gasteiger partial charge in [0.05, 0.1) is 24.1 Å². The summed E-state index contributed by atoms with van der Waals surface area (Å²) >= 11 is 0. The number of halogens is 1. The number of amides is 4. The Labute approximate surface area is 485 Å². The number of piperidine rings is 2. The number of methoxy groups -OCH3 is 1. The molecule has 6 aliphatic heterocycles. The fraction of sp³-hybridized carbons (Fsp3) is 0.578. The highest BCUT2D eigenvalue weighted by atomic mass is 19.1. The maximum absolute atomic E-state index is 17.8. The molecule has 19 heteroatoms. The second kappa shape index (κ2) is 22.1. The van der Waals surface area contributed by atoms with Gasteiger partial charge >= 0.3 is 12.1 Å². The van der Waals surface area contributed by atoms with E-state index < -0.39 is 17.5 Å². The molecule has 83 heavy (non-hydrogen) atoms. The average Bonchev–Trinajstić information content (AvgIpc) is 3.97. The van der Waals surface area contributed by atoms with E-state index in [1.165, 1.54) is 38.5 Å². The van der Waals surface area contributed by atoms with Gasteiger partial charge in [-0.25, -0.2) is 9.18 Å². The van der Waals surface area contributed by atoms with Gasteiger partial charge in [0, 0.05) is 100 Å². The molecule has 5 saturated heterocycles. The van der Waals surface area contributed by atoms with Crippen molar-refractivity contribution < 1.29 is 42.5 Å². The van der Waals surface area contributed by atoms with Crippen LogP contribution in [0.25, 0.3) is 32.9 Å². The molecule has 8 aliphatic rings. The molecule has 3 aromatic carbocycles. The lowest BCUT2D eigenvalue weighted by molar-refractivity contribution is -0.136. The number of nitrogens with one attached hydrogen (secondary N) is 1. The standard InChI is InChI=1S/C64H79FN10O8/c1-6-40-8-7-9-41-31-47(82-39-80-5)32-49(53(40)41)55-54(65)56-50(33-66-55)57(73-35-45-10-11-46(36-73)75(45)61(79)83-62(2,3)4)69-60(68-56)81-38-64(20-21-64)37-70-24-22-63(23-25-70)18-16-43(17-19-63)71-26-28-72(29-27-71)44-12-13-48-42(30-44)34-74(59(48)78)51-14-15-52(76)67-58(51)77/h7-9,12-13,30-33,43,45-46,51H,6,10-11,14-29,34-39H2,1-5H3,(H,67,76,77)/t45?,46?,51-/m0/s1. The number of benzene rings is 3. The van der Waals surface area contributed by atoms with E-state index in [1.807, 2.05) is 56.0 Å². The van der Waals surface area contributed by atoms with Crippen LogP contribution in [0.2, 0.25) is 0 Å². The molecule has 0 radical (unpaired) electrons. The monoisotopic (exact) mass is 1130 g/mol. The first-order valence-corrected chi connectivity index (χ1v) is 30.5. The lowest BCUT2D eigenvalue weighted by Crippen LogP contribution is -2.57. The Morgan fingerprint density at radius 1 is 0.819 bits per heavy atom. The van der Waals surface area contributed by atoms with E-state index in [1.54, 1.807) is 18.2 Å². The minimum absolute atomic E-state index is 0.0334. The Morgan fingerprint density at radius 3 is 2.28 bits per heavy atom. The van der Waals surface area contributed by atoms with Crippen LogP contribution in [0.4, 0.5) is 20.7 Å². The number of carbonyl (C=O) groups excluding carboxylic acids is 4. The maximum atomic E-state index is 17.8. The van der Waals surface area contributed by atoms with E-state index in [4.69, 9.17) is 33.9 Å². The fourth-order valence-corrected chi connectivity index (χ4v) is 15.0. The molecule has 13 rings (SSSR count). The molecule has 2 aromatic heterocycles. The zero-order valence-corrected chi connectivity index (χ0v) is 48.9. The van der Waals surface area contributed by atoms with Crippen LogP contribution in [0.5, 0.6) is 11.8 Å². The Balaban J connectivity index is 0.660. The summed E-state index contributed by atoms with van der Waals surface area (Å²) < 4.78 is 41.6. The lowest BCUT2D eigenvalue weighted by atomic mass is 9.66. The molecule has 18 nitrogen and oxygen atoms in total. The minimum atomic E-state index is -0.619. The highest BCUT2D eigenvalue weighted by Gasteiger charge is 2.49. The van der Waals surface area contributed by atoms with Crippen molar-refractivity contribution in [1.82, 2.24) is 39.9 Å². The van der Waals surface area contributed by atoms with Crippen molar-refractivity contribution in [2.45, 2.75) is 147 Å². The Hall–Kier alpha value is -6.70. The van der Waals surface area contributed by atoms with E-state index in [-0.39, 0.29) is 71.7 Å². The summed E-state index contributed by atoms with van der Waals surface area (Å²) in [4.78, 5) is 79.6. The highest BCUT2D eigenvalue weighted by molar-refractivity contribution is 6.06. The number of imide groups is 1. The van der Waals surface area contributed by atoms with Gasteiger partial charge in [0.2, 0.25) is 11.8 Å². The number of anilines is 2. The van der Waals surface area contributed by atoms with Crippen LogP contribution >= 0.6 is 0 Å². The summed E-state index contributed by atoms with van der Waals surface area (Å²) in [5.74, 6) is -0.252. The van der Waals surface area contributed by atoms with Crippen LogP contribution in [-0.4, -0.2) is 168 Å². The topological polar surface area (TPSA) is 175 Å². The number of rotatable bonds is 14. The SMILES string of the molecule is CCc1cccc2cc(OCOC)cc(-c3ncc4c(N5CC6CCC(C5)N6C(=O)OC(C)(C)C)nc(OCC5(CN6CCC7(CCC(N8CCN(c9ccc%10c(c9)CN([C@H]9CCC(=O)NC9=O)C%10=O)CC8)CC7)CC6)CC5)nc4c3F)c12. The van der Waals surface area contributed by atoms with Crippen LogP contribution in [0.1, 0.15) is 126 Å². The van der Waals surface area contributed by atoms with Gasteiger partial charge in [0.25, 0.3) is 5.91 Å². The number of carbonyl (C=O) groups is 4. The molecule has 4 amide bonds. The largest absolute Gasteiger partial charge is 0.468 e. The quantitative estimate of drug-likeness (QED) is 0.0824. The third-order valence-electron chi connectivity index (χ3n) is 19.7. The van der Waals surface area contributed by atoms with Gasteiger partial charge in [-0.1, -0.05) is 25.1 Å². The average molecular weight is 1140 g/mol. The van der Waals surface area contributed by atoms with E-state index >= 15 is 4.39 Å². The zero-order chi connectivity index (χ0) is 57.4. The first-order valence-electron chi connectivity index (χ1n) is 30.5. The number of nitrogens with zero attached hydrogens (tertiary/aromatic N) is 9. The van der Waals surface area contributed by atoms with Crippen molar-refractivity contribution in [1.29, 1.82) is 0 Å². The molecule has 440 valence electrons. The molecule has 1 N–H and O–H groups in total. The second-order valence-corrected chi connectivity index (χ2v) is 26.1. The highest BCUT2D eigenvalue weighted by Crippen LogP contribution is 2.50. The molecule has 2 bridgehead atoms. The minimum Gasteiger partial charge on any atom is -0.468 e. The van der Waals surface area contributed by atoms with Crippen molar-refractivity contribution in [3.8, 4) is 23.0 Å². The van der Waals surface area contributed by atoms with Crippen molar-refractivity contribution in [2.24, 2.45) is 10.8 Å². The maximum Gasteiger partial charge on any atom is 0.410 e. The third-order valence-corrected chi connectivity index (χ3v) is 19.7. The normalized spacial score (nSPS) is 23.8. The number of hydrogen-bond donors (Lipinski definition) is 1. The number of pyridine rings is 1. The van der Waals surface area contributed by atoms with Gasteiger partial charge < -0.3 is 38.5 Å². The first kappa shape index (κ1) is 55.5. The zero-order valence-electron chi connectivity index (χ0n) is 48.9. The van der Waals surface area contributed by atoms with Crippen LogP contribution in [0, 0.1) is 16.6 Å². The second-order valence-electron chi connectivity index (χ2n) is 26.1. The molecule has 2 aliphatic carbocycles. The van der Waals surface area contributed by atoms with Gasteiger partial charge in [-0.05, 0) is 169 Å². The Morgan fingerprint density at radius 2 is 1.58 bits per heavy atom. The molecule has 2 unspecified atom stereocenters. The number of likely N-dealkylation sites (tertiary alicyclic amines) is 1. The number of ether oxygens (including phenoxy) is 4. The molecule has 1 spiro atoms. The predicted octanol–water partition coefficient (Wildman–Crippen LogP) is 8.88. The molecule has 2 saturated carbocycles. The first-order chi connectivity index (χ1) is 40.1. The summed E-state index contributed by atoms with van der Waals surface area (Å²) in [6.45, 7) is 16.6. The predicted molar refractivity (Wildman–Crippen MR) is 313 cm³/mol. The van der Waals surface area contributed by atoms with Crippen LogP contribution in [0.15, 0.2) is 54.7 Å². The number of aromatic nitrogens is 3. The van der Waals surface area contributed by atoms with E-state index in [9.17, 15) is 19.2 Å². The van der Waals surface area contributed by atoms with Crippen molar-refractivity contribution >= 4 is 57.0 Å². The van der Waals surface area contributed by atoms with Crippen molar-refractivity contribution in [3.63, 3.8) is 0 Å². The summed E-state index contributed by atoms with van der Waals surface area (Å²) in [5, 5.41) is 4.71. The number of fused-ring (bicyclic) bond motifs is 5. The fourth-order valence-electron chi connectivity index (χ4n) is 15.0. The molecular weight excluding hydrogens is 1060 g/mol. The van der Waals surface area contributed by atoms with Gasteiger partial charge in [-0.3, -0.25) is 34.5 Å². The number of hydrogen-bond acceptors (Lipinski definition) is 15. The van der Waals surface area contributed by atoms with Crippen LogP contribution in [0.3, 0.4) is 0 Å². The van der Waals surface area contributed by atoms with E-state index in [0.29, 0.717) is 72.2 Å². The number of piperazine rings is 2. The van der Waals surface area contributed by atoms with E-state index in [2.05, 4.69) is 50.0 Å². The van der Waals surface area contributed by atoms with Crippen LogP contribution < -0.4 is 24.6 Å². The van der Waals surface area contributed by atoms with Gasteiger partial charge in [0.1, 0.15) is 34.4 Å². The van der Waals surface area contributed by atoms with Gasteiger partial charge in [-0.2, -0.15) is 9.97 Å². The smallest absolute Gasteiger partial charge is 0.410 e. The van der Waals surface area contributed by atoms with Crippen molar-refractivity contribution in [2.75, 3.05) is 89.2 Å². The molecule has 7 fully saturated rings. The summed E-state index contributed by atoms with van der Waals surface area (Å²) in [7, 11) is 1.57. The molecular formula is C64H79FN10O8. The van der Waals surface area contributed by atoms with Gasteiger partial charge in [-0.15, -0.1) is 0 Å². The Bertz CT molecular complexity index is 3330. The van der Waals surface area contributed by atoms with Crippen LogP contribution in [-0.2, 0) is 32.0 Å². The molecule has 8 heterocycles. The number of aryl methyl sites for hydroxylation is 1. The van der Waals surface area contributed by atoms with Gasteiger partial charge in [0.15, 0.2) is 12.6 Å². The molecule has 3 atom stereocenters. The summed E-state index contributed by atoms with van der Waals surface area (Å²) in [6, 6.07) is 15.9.